The Bertz CT molecular complexity index is 135. The van der Waals surface area contributed by atoms with Crippen molar-refractivity contribution in [2.75, 3.05) is 7.05 Å². The van der Waals surface area contributed by atoms with Gasteiger partial charge in [0.2, 0.25) is 0 Å². The first-order valence-corrected chi connectivity index (χ1v) is 2.83. The zero-order chi connectivity index (χ0) is 10.6. The molecule has 0 unspecified atom stereocenters. The minimum atomic E-state index is -0.981. The summed E-state index contributed by atoms with van der Waals surface area (Å²) in [6.45, 7) is 5.92. The van der Waals surface area contributed by atoms with Crippen LogP contribution >= 0.6 is 0 Å². The molecule has 0 bridgehead atoms. The van der Waals surface area contributed by atoms with Gasteiger partial charge in [0.15, 0.2) is 0 Å². The molecule has 0 aliphatic heterocycles. The highest BCUT2D eigenvalue weighted by atomic mass is 16.4. The number of carboxylic acids is 2. The Balaban J connectivity index is -0.000000112. The highest BCUT2D eigenvalue weighted by molar-refractivity contribution is 5.79. The van der Waals surface area contributed by atoms with Crippen LogP contribution in [0.3, 0.4) is 0 Å². The lowest BCUT2D eigenvalue weighted by Gasteiger charge is -1.64. The third kappa shape index (κ3) is 80.6. The van der Waals surface area contributed by atoms with E-state index in [1.54, 1.807) is 0 Å². The topological polar surface area (TPSA) is 101 Å². The average Bonchev–Trinajstić information content (AvgIpc) is 2.09. The highest BCUT2D eigenvalue weighted by Gasteiger charge is 1.73. The van der Waals surface area contributed by atoms with Crippen LogP contribution in [0.25, 0.3) is 0 Å². The molecule has 0 heterocycles. The van der Waals surface area contributed by atoms with Gasteiger partial charge in [-0.25, -0.2) is 9.59 Å². The van der Waals surface area contributed by atoms with Crippen molar-refractivity contribution in [2.24, 2.45) is 5.73 Å². The number of hydrogen-bond acceptors (Lipinski definition) is 3. The molecule has 0 radical (unpaired) electrons. The van der Waals surface area contributed by atoms with Crippen molar-refractivity contribution >= 4 is 11.9 Å². The van der Waals surface area contributed by atoms with E-state index >= 15 is 0 Å². The van der Waals surface area contributed by atoms with Gasteiger partial charge in [-0.3, -0.25) is 0 Å². The number of nitrogens with two attached hydrogens (primary N) is 1. The standard InChI is InChI=1S/2C3H4O2.CH5N/c2*1-2-3(4)5;1-2/h2*2H,1H2,(H,4,5);2H2,1H3. The Morgan fingerprint density at radius 3 is 1.17 bits per heavy atom. The SMILES string of the molecule is C=CC(=O)O.C=CC(=O)O.CN. The van der Waals surface area contributed by atoms with Crippen LogP contribution in [0.15, 0.2) is 25.3 Å². The van der Waals surface area contributed by atoms with Gasteiger partial charge in [-0.15, -0.1) is 0 Å². The molecule has 0 aromatic heterocycles. The Morgan fingerprint density at radius 1 is 1.08 bits per heavy atom. The molecule has 0 amide bonds. The Hall–Kier alpha value is -1.62. The first-order valence-electron chi connectivity index (χ1n) is 2.83. The van der Waals surface area contributed by atoms with Crippen molar-refractivity contribution in [3.8, 4) is 0 Å². The summed E-state index contributed by atoms with van der Waals surface area (Å²) in [6, 6.07) is 0. The van der Waals surface area contributed by atoms with Gasteiger partial charge in [0.1, 0.15) is 0 Å². The van der Waals surface area contributed by atoms with E-state index in [-0.39, 0.29) is 0 Å². The maximum absolute atomic E-state index is 9.25. The van der Waals surface area contributed by atoms with Crippen molar-refractivity contribution in [3.05, 3.63) is 25.3 Å². The lowest BCUT2D eigenvalue weighted by atomic mass is 10.7. The average molecular weight is 175 g/mol. The third-order valence-corrected chi connectivity index (χ3v) is 0.349. The quantitative estimate of drug-likeness (QED) is 0.516. The second kappa shape index (κ2) is 16.2. The summed E-state index contributed by atoms with van der Waals surface area (Å²) in [5, 5.41) is 15.2. The third-order valence-electron chi connectivity index (χ3n) is 0.349. The van der Waals surface area contributed by atoms with Gasteiger partial charge in [0.05, 0.1) is 0 Å². The Morgan fingerprint density at radius 2 is 1.17 bits per heavy atom. The second-order valence-electron chi connectivity index (χ2n) is 1.08. The molecule has 0 aromatic rings. The summed E-state index contributed by atoms with van der Waals surface area (Å²) < 4.78 is 0. The van der Waals surface area contributed by atoms with Crippen LogP contribution in [0.5, 0.6) is 0 Å². The normalized spacial score (nSPS) is 5.83. The Kier molecular flexibility index (Phi) is 22.6. The molecule has 12 heavy (non-hydrogen) atoms. The fourth-order valence-electron chi connectivity index (χ4n) is 0. The maximum atomic E-state index is 9.25. The predicted molar refractivity (Wildman–Crippen MR) is 45.8 cm³/mol. The van der Waals surface area contributed by atoms with E-state index in [9.17, 15) is 9.59 Å². The van der Waals surface area contributed by atoms with E-state index in [1.165, 1.54) is 7.05 Å². The summed E-state index contributed by atoms with van der Waals surface area (Å²) in [7, 11) is 1.50. The fourth-order valence-corrected chi connectivity index (χ4v) is 0. The molecule has 0 aliphatic carbocycles. The molecule has 0 aliphatic rings. The smallest absolute Gasteiger partial charge is 0.327 e. The van der Waals surface area contributed by atoms with E-state index in [2.05, 4.69) is 18.9 Å². The van der Waals surface area contributed by atoms with Crippen LogP contribution in [0, 0.1) is 0 Å². The van der Waals surface area contributed by atoms with Crippen LogP contribution in [-0.2, 0) is 9.59 Å². The second-order valence-corrected chi connectivity index (χ2v) is 1.08. The summed E-state index contributed by atoms with van der Waals surface area (Å²) in [5.41, 5.74) is 4.50. The van der Waals surface area contributed by atoms with Crippen LogP contribution in [-0.4, -0.2) is 29.2 Å². The minimum absolute atomic E-state index is 0.833. The van der Waals surface area contributed by atoms with Crippen LogP contribution in [0.1, 0.15) is 0 Å². The molecule has 0 fully saturated rings. The minimum Gasteiger partial charge on any atom is -0.478 e. The first kappa shape index (κ1) is 16.8. The summed E-state index contributed by atoms with van der Waals surface area (Å²) in [4.78, 5) is 18.5. The molecular formula is C7H13NO4. The Labute approximate surface area is 70.8 Å². The lowest BCUT2D eigenvalue weighted by Crippen LogP contribution is -1.82. The summed E-state index contributed by atoms with van der Waals surface area (Å²) in [6.07, 6.45) is 1.67. The van der Waals surface area contributed by atoms with E-state index in [4.69, 9.17) is 10.2 Å². The number of hydrogen-bond donors (Lipinski definition) is 3. The van der Waals surface area contributed by atoms with Crippen molar-refractivity contribution in [1.29, 1.82) is 0 Å². The van der Waals surface area contributed by atoms with E-state index < -0.39 is 11.9 Å². The number of rotatable bonds is 2. The van der Waals surface area contributed by atoms with E-state index in [0.29, 0.717) is 0 Å². The van der Waals surface area contributed by atoms with Gasteiger partial charge in [-0.1, -0.05) is 13.2 Å². The van der Waals surface area contributed by atoms with Crippen molar-refractivity contribution in [3.63, 3.8) is 0 Å². The van der Waals surface area contributed by atoms with Crippen LogP contribution in [0.2, 0.25) is 0 Å². The lowest BCUT2D eigenvalue weighted by molar-refractivity contribution is -0.132. The molecule has 70 valence electrons. The van der Waals surface area contributed by atoms with Gasteiger partial charge < -0.3 is 15.9 Å². The molecule has 0 saturated heterocycles. The molecule has 5 heteroatoms. The summed E-state index contributed by atoms with van der Waals surface area (Å²) in [5.74, 6) is -1.96. The zero-order valence-corrected chi connectivity index (χ0v) is 6.86. The van der Waals surface area contributed by atoms with E-state index in [0.717, 1.165) is 12.2 Å². The van der Waals surface area contributed by atoms with E-state index in [1.807, 2.05) is 0 Å². The largest absolute Gasteiger partial charge is 0.478 e. The van der Waals surface area contributed by atoms with Crippen molar-refractivity contribution in [1.82, 2.24) is 0 Å². The number of aliphatic carboxylic acids is 2. The van der Waals surface area contributed by atoms with Crippen molar-refractivity contribution < 1.29 is 19.8 Å². The molecular weight excluding hydrogens is 162 g/mol. The van der Waals surface area contributed by atoms with Gasteiger partial charge >= 0.3 is 11.9 Å². The predicted octanol–water partition coefficient (Wildman–Crippen LogP) is 0.0889. The summed E-state index contributed by atoms with van der Waals surface area (Å²) >= 11 is 0. The highest BCUT2D eigenvalue weighted by Crippen LogP contribution is 1.55. The van der Waals surface area contributed by atoms with Crippen LogP contribution in [0.4, 0.5) is 0 Å². The van der Waals surface area contributed by atoms with Gasteiger partial charge in [-0.2, -0.15) is 0 Å². The number of carboxylic acid groups (broad SMARTS) is 2. The first-order chi connectivity index (χ1) is 5.54. The molecule has 4 N–H and O–H groups in total. The maximum Gasteiger partial charge on any atom is 0.327 e. The van der Waals surface area contributed by atoms with Crippen molar-refractivity contribution in [2.45, 2.75) is 0 Å². The fraction of sp³-hybridized carbons (Fsp3) is 0.143. The number of carbonyl (C=O) groups is 2. The molecule has 0 aromatic carbocycles. The van der Waals surface area contributed by atoms with Crippen LogP contribution < -0.4 is 5.73 Å². The van der Waals surface area contributed by atoms with Gasteiger partial charge in [-0.05, 0) is 7.05 Å². The van der Waals surface area contributed by atoms with Gasteiger partial charge in [0, 0.05) is 12.2 Å². The molecule has 0 rings (SSSR count). The molecule has 0 spiro atoms. The monoisotopic (exact) mass is 175 g/mol. The molecule has 0 atom stereocenters. The van der Waals surface area contributed by atoms with Gasteiger partial charge in [0.25, 0.3) is 0 Å². The molecule has 5 nitrogen and oxygen atoms in total. The molecule has 0 saturated carbocycles. The zero-order valence-electron chi connectivity index (χ0n) is 6.86.